The van der Waals surface area contributed by atoms with Crippen molar-refractivity contribution in [2.45, 2.75) is 38.8 Å². The maximum atomic E-state index is 9.25. The minimum atomic E-state index is 0.143. The Hall–Kier alpha value is -1.06. The highest BCUT2D eigenvalue weighted by Gasteiger charge is 2.16. The van der Waals surface area contributed by atoms with Crippen LogP contribution in [0.2, 0.25) is 0 Å². The summed E-state index contributed by atoms with van der Waals surface area (Å²) in [6.45, 7) is 4.37. The molecule has 3 nitrogen and oxygen atoms in total. The van der Waals surface area contributed by atoms with Crippen molar-refractivity contribution in [3.63, 3.8) is 0 Å². The Morgan fingerprint density at radius 1 is 1.24 bits per heavy atom. The maximum absolute atomic E-state index is 9.25. The van der Waals surface area contributed by atoms with Crippen molar-refractivity contribution in [3.05, 3.63) is 29.8 Å². The molecule has 0 saturated heterocycles. The summed E-state index contributed by atoms with van der Waals surface area (Å²) in [5, 5.41) is 12.7. The van der Waals surface area contributed by atoms with E-state index >= 15 is 0 Å². The lowest BCUT2D eigenvalue weighted by Crippen LogP contribution is -2.35. The van der Waals surface area contributed by atoms with E-state index in [0.29, 0.717) is 0 Å². The molecule has 1 aromatic rings. The summed E-state index contributed by atoms with van der Waals surface area (Å²) in [5.41, 5.74) is 1.16. The van der Waals surface area contributed by atoms with Crippen LogP contribution in [-0.2, 0) is 0 Å². The van der Waals surface area contributed by atoms with Crippen LogP contribution in [-0.4, -0.2) is 24.9 Å². The van der Waals surface area contributed by atoms with Gasteiger partial charge in [0.1, 0.15) is 5.75 Å². The van der Waals surface area contributed by atoms with E-state index in [1.807, 2.05) is 18.2 Å². The van der Waals surface area contributed by atoms with E-state index in [4.69, 9.17) is 4.74 Å². The summed E-state index contributed by atoms with van der Waals surface area (Å²) in [6, 6.07) is 8.40. The minimum Gasteiger partial charge on any atom is -0.496 e. The van der Waals surface area contributed by atoms with Crippen LogP contribution >= 0.6 is 0 Å². The molecule has 0 aromatic heterocycles. The number of hydrogen-bond donors (Lipinski definition) is 2. The Balaban J connectivity index is 2.85. The fourth-order valence-electron chi connectivity index (χ4n) is 1.97. The van der Waals surface area contributed by atoms with Crippen LogP contribution in [0, 0.1) is 0 Å². The molecule has 0 aliphatic rings. The number of aliphatic hydroxyl groups excluding tert-OH is 1. The summed E-state index contributed by atoms with van der Waals surface area (Å²) >= 11 is 0. The molecular weight excluding hydrogens is 214 g/mol. The van der Waals surface area contributed by atoms with Gasteiger partial charge >= 0.3 is 0 Å². The molecule has 1 unspecified atom stereocenters. The Morgan fingerprint density at radius 2 is 1.94 bits per heavy atom. The van der Waals surface area contributed by atoms with Crippen LogP contribution in [0.1, 0.15) is 38.3 Å². The van der Waals surface area contributed by atoms with Crippen LogP contribution in [0.15, 0.2) is 24.3 Å². The van der Waals surface area contributed by atoms with Gasteiger partial charge in [0, 0.05) is 17.6 Å². The van der Waals surface area contributed by atoms with Crippen molar-refractivity contribution in [2.75, 3.05) is 13.7 Å². The zero-order valence-electron chi connectivity index (χ0n) is 10.9. The molecule has 0 aliphatic carbocycles. The van der Waals surface area contributed by atoms with Gasteiger partial charge in [0.05, 0.1) is 13.7 Å². The first-order valence-electron chi connectivity index (χ1n) is 6.26. The van der Waals surface area contributed by atoms with Crippen molar-refractivity contribution >= 4 is 0 Å². The maximum Gasteiger partial charge on any atom is 0.123 e. The van der Waals surface area contributed by atoms with Crippen LogP contribution in [0.4, 0.5) is 0 Å². The van der Waals surface area contributed by atoms with Crippen molar-refractivity contribution in [2.24, 2.45) is 0 Å². The van der Waals surface area contributed by atoms with E-state index in [1.165, 1.54) is 0 Å². The third kappa shape index (κ3) is 3.72. The highest BCUT2D eigenvalue weighted by molar-refractivity contribution is 5.35. The summed E-state index contributed by atoms with van der Waals surface area (Å²) in [6.07, 6.45) is 1.89. The van der Waals surface area contributed by atoms with Crippen LogP contribution < -0.4 is 10.1 Å². The molecule has 0 fully saturated rings. The monoisotopic (exact) mass is 237 g/mol. The normalized spacial score (nSPS) is 14.4. The molecular formula is C14H23NO2. The Morgan fingerprint density at radius 3 is 2.47 bits per heavy atom. The lowest BCUT2D eigenvalue weighted by Gasteiger charge is -2.24. The Labute approximate surface area is 104 Å². The van der Waals surface area contributed by atoms with E-state index in [1.54, 1.807) is 7.11 Å². The van der Waals surface area contributed by atoms with Gasteiger partial charge in [-0.1, -0.05) is 32.0 Å². The number of aliphatic hydroxyl groups is 1. The lowest BCUT2D eigenvalue weighted by molar-refractivity contribution is 0.225. The first-order chi connectivity index (χ1) is 8.26. The second kappa shape index (κ2) is 7.30. The Kier molecular flexibility index (Phi) is 6.01. The van der Waals surface area contributed by atoms with Crippen LogP contribution in [0.25, 0.3) is 0 Å². The molecule has 0 aliphatic heterocycles. The number of nitrogens with one attached hydrogen (secondary N) is 1. The van der Waals surface area contributed by atoms with Gasteiger partial charge in [0.2, 0.25) is 0 Å². The average Bonchev–Trinajstić information content (AvgIpc) is 2.40. The highest BCUT2D eigenvalue weighted by Crippen LogP contribution is 2.27. The molecule has 0 spiro atoms. The van der Waals surface area contributed by atoms with Gasteiger partial charge < -0.3 is 15.2 Å². The smallest absolute Gasteiger partial charge is 0.123 e. The second-order valence-electron chi connectivity index (χ2n) is 4.16. The molecule has 0 heterocycles. The predicted octanol–water partition coefficient (Wildman–Crippen LogP) is 2.51. The van der Waals surface area contributed by atoms with Gasteiger partial charge in [0.25, 0.3) is 0 Å². The van der Waals surface area contributed by atoms with Crippen molar-refractivity contribution < 1.29 is 9.84 Å². The molecule has 2 atom stereocenters. The quantitative estimate of drug-likeness (QED) is 0.765. The van der Waals surface area contributed by atoms with Crippen molar-refractivity contribution in [1.82, 2.24) is 5.32 Å². The topological polar surface area (TPSA) is 41.5 Å². The standard InChI is InChI=1S/C14H23NO2/c1-4-11(10-16)15-13(5-2)12-8-6-7-9-14(12)17-3/h6-9,11,13,15-16H,4-5,10H2,1-3H3/t11-,13?/m1/s1. The zero-order valence-corrected chi connectivity index (χ0v) is 10.9. The Bertz CT molecular complexity index is 324. The van der Waals surface area contributed by atoms with Gasteiger partial charge in [-0.05, 0) is 18.9 Å². The molecule has 2 N–H and O–H groups in total. The van der Waals surface area contributed by atoms with Crippen LogP contribution in [0.5, 0.6) is 5.75 Å². The number of hydrogen-bond acceptors (Lipinski definition) is 3. The summed E-state index contributed by atoms with van der Waals surface area (Å²) in [7, 11) is 1.69. The number of benzene rings is 1. The molecule has 1 aromatic carbocycles. The highest BCUT2D eigenvalue weighted by atomic mass is 16.5. The van der Waals surface area contributed by atoms with Crippen LogP contribution in [0.3, 0.4) is 0 Å². The lowest BCUT2D eigenvalue weighted by atomic mass is 10.0. The third-order valence-corrected chi connectivity index (χ3v) is 3.07. The summed E-state index contributed by atoms with van der Waals surface area (Å²) in [5.74, 6) is 0.902. The molecule has 0 radical (unpaired) electrons. The molecule has 0 saturated carbocycles. The van der Waals surface area contributed by atoms with E-state index in [2.05, 4.69) is 25.2 Å². The molecule has 0 bridgehead atoms. The van der Waals surface area contributed by atoms with Gasteiger partial charge in [-0.15, -0.1) is 0 Å². The zero-order chi connectivity index (χ0) is 12.7. The van der Waals surface area contributed by atoms with Crippen molar-refractivity contribution in [3.8, 4) is 5.75 Å². The minimum absolute atomic E-state index is 0.143. The van der Waals surface area contributed by atoms with E-state index in [9.17, 15) is 5.11 Å². The van der Waals surface area contributed by atoms with Gasteiger partial charge in [-0.25, -0.2) is 0 Å². The van der Waals surface area contributed by atoms with E-state index in [0.717, 1.165) is 24.2 Å². The first-order valence-corrected chi connectivity index (χ1v) is 6.26. The first kappa shape index (κ1) is 14.0. The van der Waals surface area contributed by atoms with Gasteiger partial charge in [0.15, 0.2) is 0 Å². The van der Waals surface area contributed by atoms with E-state index < -0.39 is 0 Å². The average molecular weight is 237 g/mol. The molecule has 17 heavy (non-hydrogen) atoms. The third-order valence-electron chi connectivity index (χ3n) is 3.07. The fraction of sp³-hybridized carbons (Fsp3) is 0.571. The number of methoxy groups -OCH3 is 1. The predicted molar refractivity (Wildman–Crippen MR) is 70.3 cm³/mol. The summed E-state index contributed by atoms with van der Waals surface area (Å²) < 4.78 is 5.37. The van der Waals surface area contributed by atoms with Crippen molar-refractivity contribution in [1.29, 1.82) is 0 Å². The van der Waals surface area contributed by atoms with E-state index in [-0.39, 0.29) is 18.7 Å². The second-order valence-corrected chi connectivity index (χ2v) is 4.16. The number of ether oxygens (including phenoxy) is 1. The SMILES string of the molecule is CCC(N[C@H](CC)CO)c1ccccc1OC. The molecule has 3 heteroatoms. The molecule has 96 valence electrons. The van der Waals surface area contributed by atoms with Gasteiger partial charge in [-0.3, -0.25) is 0 Å². The van der Waals surface area contributed by atoms with Gasteiger partial charge in [-0.2, -0.15) is 0 Å². The fourth-order valence-corrected chi connectivity index (χ4v) is 1.97. The molecule has 1 rings (SSSR count). The molecule has 0 amide bonds. The summed E-state index contributed by atoms with van der Waals surface area (Å²) in [4.78, 5) is 0. The number of para-hydroxylation sites is 1. The largest absolute Gasteiger partial charge is 0.496 e. The number of rotatable bonds is 7.